The van der Waals surface area contributed by atoms with E-state index >= 15 is 0 Å². The van der Waals surface area contributed by atoms with Gasteiger partial charge in [0.15, 0.2) is 0 Å². The highest BCUT2D eigenvalue weighted by Gasteiger charge is 2.13. The molecule has 5 heteroatoms. The van der Waals surface area contributed by atoms with Crippen LogP contribution in [0.1, 0.15) is 18.0 Å². The summed E-state index contributed by atoms with van der Waals surface area (Å²) < 4.78 is 0.508. The molecule has 0 aliphatic heterocycles. The molecule has 0 spiro atoms. The average molecular weight is 281 g/mol. The van der Waals surface area contributed by atoms with E-state index < -0.39 is 6.04 Å². The number of hydrogen-bond acceptors (Lipinski definition) is 3. The van der Waals surface area contributed by atoms with Crippen molar-refractivity contribution in [2.24, 2.45) is 5.73 Å². The number of aliphatic hydroxyl groups excluding tert-OH is 1. The van der Waals surface area contributed by atoms with Crippen molar-refractivity contribution in [3.05, 3.63) is 27.2 Å². The topological polar surface area (TPSA) is 66.5 Å². The van der Waals surface area contributed by atoms with E-state index in [0.29, 0.717) is 21.5 Å². The van der Waals surface area contributed by atoms with Crippen molar-refractivity contribution in [3.63, 3.8) is 0 Å². The molecular weight excluding hydrogens is 269 g/mol. The fraction of sp³-hybridized carbons (Fsp3) is 0.333. The van der Waals surface area contributed by atoms with Crippen molar-refractivity contribution < 1.29 is 10.2 Å². The summed E-state index contributed by atoms with van der Waals surface area (Å²) in [5.41, 5.74) is 6.28. The van der Waals surface area contributed by atoms with Crippen LogP contribution in [0.3, 0.4) is 0 Å². The van der Waals surface area contributed by atoms with Crippen LogP contribution in [0.15, 0.2) is 16.6 Å². The molecule has 0 aliphatic rings. The van der Waals surface area contributed by atoms with Crippen molar-refractivity contribution in [1.29, 1.82) is 0 Å². The summed E-state index contributed by atoms with van der Waals surface area (Å²) in [5, 5.41) is 18.9. The Labute approximate surface area is 95.6 Å². The second-order valence-electron chi connectivity index (χ2n) is 2.94. The first-order chi connectivity index (χ1) is 6.56. The van der Waals surface area contributed by atoms with E-state index in [1.54, 1.807) is 12.1 Å². The van der Waals surface area contributed by atoms with Crippen molar-refractivity contribution in [2.75, 3.05) is 6.61 Å². The van der Waals surface area contributed by atoms with E-state index in [1.807, 2.05) is 0 Å². The lowest BCUT2D eigenvalue weighted by Gasteiger charge is -2.13. The third kappa shape index (κ3) is 2.60. The van der Waals surface area contributed by atoms with Crippen LogP contribution in [0.2, 0.25) is 5.02 Å². The Morgan fingerprint density at radius 2 is 2.14 bits per heavy atom. The van der Waals surface area contributed by atoms with Gasteiger partial charge in [0.05, 0.1) is 4.47 Å². The maximum Gasteiger partial charge on any atom is 0.134 e. The van der Waals surface area contributed by atoms with E-state index in [9.17, 15) is 5.11 Å². The van der Waals surface area contributed by atoms with Gasteiger partial charge >= 0.3 is 0 Å². The summed E-state index contributed by atoms with van der Waals surface area (Å²) in [6.45, 7) is -0.0231. The molecule has 0 aliphatic carbocycles. The monoisotopic (exact) mass is 279 g/mol. The van der Waals surface area contributed by atoms with E-state index in [-0.39, 0.29) is 12.4 Å². The van der Waals surface area contributed by atoms with Crippen LogP contribution in [0, 0.1) is 0 Å². The summed E-state index contributed by atoms with van der Waals surface area (Å²) >= 11 is 8.97. The van der Waals surface area contributed by atoms with Crippen molar-refractivity contribution in [3.8, 4) is 5.75 Å². The molecule has 0 fully saturated rings. The number of benzene rings is 1. The van der Waals surface area contributed by atoms with Gasteiger partial charge in [-0.2, -0.15) is 0 Å². The average Bonchev–Trinajstić information content (AvgIpc) is 2.11. The van der Waals surface area contributed by atoms with E-state index in [4.69, 9.17) is 22.4 Å². The molecule has 0 heterocycles. The third-order valence-electron chi connectivity index (χ3n) is 1.90. The smallest absolute Gasteiger partial charge is 0.134 e. The first-order valence-corrected chi connectivity index (χ1v) is 5.27. The number of phenols is 1. The number of aliphatic hydroxyl groups is 1. The normalized spacial score (nSPS) is 12.9. The Bertz CT molecular complexity index is 333. The van der Waals surface area contributed by atoms with Gasteiger partial charge in [0.1, 0.15) is 5.75 Å². The summed E-state index contributed by atoms with van der Waals surface area (Å²) in [7, 11) is 0. The molecule has 1 aromatic carbocycles. The maximum absolute atomic E-state index is 9.65. The Morgan fingerprint density at radius 3 is 2.71 bits per heavy atom. The first-order valence-electron chi connectivity index (χ1n) is 4.10. The number of phenolic OH excluding ortho intramolecular Hbond substituents is 1. The van der Waals surface area contributed by atoms with Crippen molar-refractivity contribution in [2.45, 2.75) is 12.5 Å². The van der Waals surface area contributed by atoms with Gasteiger partial charge in [-0.15, -0.1) is 0 Å². The summed E-state index contributed by atoms with van der Waals surface area (Å²) in [5.74, 6) is 0.0790. The van der Waals surface area contributed by atoms with Crippen LogP contribution in [0.25, 0.3) is 0 Å². The molecule has 1 unspecified atom stereocenters. The lowest BCUT2D eigenvalue weighted by molar-refractivity contribution is 0.275. The first kappa shape index (κ1) is 11.8. The molecule has 14 heavy (non-hydrogen) atoms. The van der Waals surface area contributed by atoms with Gasteiger partial charge in [0.25, 0.3) is 0 Å². The molecule has 0 radical (unpaired) electrons. The molecule has 3 nitrogen and oxygen atoms in total. The lowest BCUT2D eigenvalue weighted by Crippen LogP contribution is -2.12. The predicted molar refractivity (Wildman–Crippen MR) is 59.4 cm³/mol. The number of hydrogen-bond donors (Lipinski definition) is 3. The minimum atomic E-state index is -0.407. The van der Waals surface area contributed by atoms with E-state index in [2.05, 4.69) is 15.9 Å². The van der Waals surface area contributed by atoms with Gasteiger partial charge < -0.3 is 15.9 Å². The van der Waals surface area contributed by atoms with E-state index in [0.717, 1.165) is 0 Å². The quantitative estimate of drug-likeness (QED) is 0.795. The fourth-order valence-corrected chi connectivity index (χ4v) is 2.00. The van der Waals surface area contributed by atoms with Gasteiger partial charge in [-0.1, -0.05) is 11.6 Å². The van der Waals surface area contributed by atoms with Crippen molar-refractivity contribution >= 4 is 27.5 Å². The summed E-state index contributed by atoms with van der Waals surface area (Å²) in [4.78, 5) is 0. The number of rotatable bonds is 3. The van der Waals surface area contributed by atoms with Gasteiger partial charge in [0.2, 0.25) is 0 Å². The Balaban J connectivity index is 3.07. The zero-order valence-corrected chi connectivity index (χ0v) is 9.72. The molecule has 0 saturated carbocycles. The van der Waals surface area contributed by atoms with Gasteiger partial charge in [-0.25, -0.2) is 0 Å². The second kappa shape index (κ2) is 4.98. The summed E-state index contributed by atoms with van der Waals surface area (Å²) in [6.07, 6.45) is 0.389. The molecule has 78 valence electrons. The molecular formula is C9H11BrClNO2. The zero-order valence-electron chi connectivity index (χ0n) is 7.37. The van der Waals surface area contributed by atoms with E-state index in [1.165, 1.54) is 0 Å². The molecule has 1 atom stereocenters. The molecule has 1 aromatic rings. The molecule has 1 rings (SSSR count). The second-order valence-corrected chi connectivity index (χ2v) is 4.23. The molecule has 0 aromatic heterocycles. The van der Waals surface area contributed by atoms with Gasteiger partial charge in [0, 0.05) is 23.2 Å². The predicted octanol–water partition coefficient (Wildman–Crippen LogP) is 2.19. The largest absolute Gasteiger partial charge is 0.506 e. The van der Waals surface area contributed by atoms with Crippen LogP contribution in [-0.2, 0) is 0 Å². The molecule has 0 saturated heterocycles. The van der Waals surface area contributed by atoms with Crippen LogP contribution >= 0.6 is 27.5 Å². The number of halogens is 2. The fourth-order valence-electron chi connectivity index (χ4n) is 1.16. The zero-order chi connectivity index (χ0) is 10.7. The highest BCUT2D eigenvalue weighted by atomic mass is 79.9. The third-order valence-corrected chi connectivity index (χ3v) is 2.72. The minimum absolute atomic E-state index is 0.0231. The SMILES string of the molecule is NC(CCO)c1cc(Cl)cc(Br)c1O. The summed E-state index contributed by atoms with van der Waals surface area (Å²) in [6, 6.07) is 2.78. The number of aromatic hydroxyl groups is 1. The Kier molecular flexibility index (Phi) is 4.19. The molecule has 0 amide bonds. The van der Waals surface area contributed by atoms with Crippen LogP contribution < -0.4 is 5.73 Å². The van der Waals surface area contributed by atoms with Crippen LogP contribution in [0.4, 0.5) is 0 Å². The standard InChI is InChI=1S/C9H11BrClNO2/c10-7-4-5(11)3-6(9(7)14)8(12)1-2-13/h3-4,8,13-14H,1-2,12H2. The lowest BCUT2D eigenvalue weighted by atomic mass is 10.0. The van der Waals surface area contributed by atoms with Crippen LogP contribution in [0.5, 0.6) is 5.75 Å². The molecule has 0 bridgehead atoms. The van der Waals surface area contributed by atoms with Gasteiger partial charge in [-0.3, -0.25) is 0 Å². The van der Waals surface area contributed by atoms with Gasteiger partial charge in [-0.05, 0) is 34.5 Å². The van der Waals surface area contributed by atoms with Crippen molar-refractivity contribution in [1.82, 2.24) is 0 Å². The minimum Gasteiger partial charge on any atom is -0.506 e. The Hall–Kier alpha value is -0.290. The highest BCUT2D eigenvalue weighted by molar-refractivity contribution is 9.10. The van der Waals surface area contributed by atoms with Crippen LogP contribution in [-0.4, -0.2) is 16.8 Å². The Morgan fingerprint density at radius 1 is 1.50 bits per heavy atom. The highest BCUT2D eigenvalue weighted by Crippen LogP contribution is 2.35. The molecule has 4 N–H and O–H groups in total. The maximum atomic E-state index is 9.65. The number of nitrogens with two attached hydrogens (primary N) is 1.